The van der Waals surface area contributed by atoms with Gasteiger partial charge >= 0.3 is 19.5 Å². The Morgan fingerprint density at radius 3 is 0.692 bits per heavy atom. The monoisotopic (exact) mass is 314 g/mol. The summed E-state index contributed by atoms with van der Waals surface area (Å²) >= 11 is 0. The Balaban J connectivity index is -0.00000000698. The molecular formula is C2H14N8P2Ru. The molecule has 13 heavy (non-hydrogen) atoms. The molecule has 0 heterocycles. The van der Waals surface area contributed by atoms with Gasteiger partial charge in [0.15, 0.2) is 0 Å². The summed E-state index contributed by atoms with van der Waals surface area (Å²) in [5, 5.41) is 0. The van der Waals surface area contributed by atoms with Crippen LogP contribution in [0.2, 0.25) is 0 Å². The zero-order valence-corrected chi connectivity index (χ0v) is 12.0. The average Bonchev–Trinajstić information content (AvgIpc) is 1.99. The summed E-state index contributed by atoms with van der Waals surface area (Å²) in [6, 6.07) is 0. The zero-order valence-electron chi connectivity index (χ0n) is 7.45. The van der Waals surface area contributed by atoms with Gasteiger partial charge in [-0.25, -0.2) is 0 Å². The van der Waals surface area contributed by atoms with E-state index in [1.165, 1.54) is 23.9 Å². The van der Waals surface area contributed by atoms with Crippen LogP contribution in [-0.4, -0.2) is 14.1 Å². The van der Waals surface area contributed by atoms with Gasteiger partial charge < -0.3 is 33.6 Å². The molecule has 0 spiro atoms. The number of hydrogen-bond donors (Lipinski definition) is 0. The third kappa shape index (κ3) is 2210000. The fourth-order valence-corrected chi connectivity index (χ4v) is 0. The minimum atomic E-state index is 0. The van der Waals surface area contributed by atoms with Crippen molar-refractivity contribution in [1.29, 1.82) is 0 Å². The van der Waals surface area contributed by atoms with Crippen LogP contribution < -0.4 is 0 Å². The SMILES string of the molecule is C[NH-].C[NH-].P.P.[N-]=[N+]=[N-].[N-]=[N+]=[N-].[Ru+4]. The molecule has 2 atom stereocenters. The van der Waals surface area contributed by atoms with Crippen LogP contribution in [0.15, 0.2) is 0 Å². The quantitative estimate of drug-likeness (QED) is 0.211. The van der Waals surface area contributed by atoms with E-state index < -0.39 is 0 Å². The van der Waals surface area contributed by atoms with E-state index in [9.17, 15) is 0 Å². The van der Waals surface area contributed by atoms with Crippen molar-refractivity contribution in [2.24, 2.45) is 0 Å². The van der Waals surface area contributed by atoms with Gasteiger partial charge in [0.1, 0.15) is 0 Å². The molecule has 11 heteroatoms. The molecule has 0 aliphatic carbocycles. The predicted molar refractivity (Wildman–Crippen MR) is 62.9 cm³/mol. The molecule has 0 amide bonds. The molecular weight excluding hydrogens is 299 g/mol. The summed E-state index contributed by atoms with van der Waals surface area (Å²) in [5.41, 5.74) is 38.5. The smallest absolute Gasteiger partial charge is 0.680 e. The molecule has 0 aliphatic heterocycles. The zero-order chi connectivity index (χ0) is 9.41. The maximum Gasteiger partial charge on any atom is 4.00 e. The predicted octanol–water partition coefficient (Wildman–Crippen LogP) is 3.18. The summed E-state index contributed by atoms with van der Waals surface area (Å²) in [5.74, 6) is 0. The molecule has 0 fully saturated rings. The van der Waals surface area contributed by atoms with E-state index in [0.717, 1.165) is 0 Å². The van der Waals surface area contributed by atoms with E-state index in [1.54, 1.807) is 0 Å². The van der Waals surface area contributed by atoms with E-state index in [4.69, 9.17) is 33.6 Å². The first kappa shape index (κ1) is 51.9. The molecule has 0 saturated heterocycles. The van der Waals surface area contributed by atoms with Crippen LogP contribution in [-0.2, 0) is 19.5 Å². The van der Waals surface area contributed by atoms with Crippen molar-refractivity contribution in [1.82, 2.24) is 0 Å². The van der Waals surface area contributed by atoms with Crippen molar-refractivity contribution in [3.05, 3.63) is 43.4 Å². The van der Waals surface area contributed by atoms with Gasteiger partial charge in [0.25, 0.3) is 0 Å². The van der Waals surface area contributed by atoms with Crippen molar-refractivity contribution in [2.75, 3.05) is 14.1 Å². The summed E-state index contributed by atoms with van der Waals surface area (Å²) < 4.78 is 0. The molecule has 0 aromatic rings. The van der Waals surface area contributed by atoms with Crippen molar-refractivity contribution in [3.8, 4) is 0 Å². The second kappa shape index (κ2) is 357. The van der Waals surface area contributed by atoms with Crippen LogP contribution >= 0.6 is 19.8 Å². The second-order valence-electron chi connectivity index (χ2n) is 0.179. The Bertz CT molecular complexity index is 74.1. The molecule has 0 rings (SSSR count). The van der Waals surface area contributed by atoms with E-state index in [2.05, 4.69) is 0 Å². The van der Waals surface area contributed by atoms with Crippen LogP contribution in [0.25, 0.3) is 43.4 Å². The van der Waals surface area contributed by atoms with Crippen LogP contribution in [0.5, 0.6) is 0 Å². The first-order chi connectivity index (χ1) is 4.83. The van der Waals surface area contributed by atoms with E-state index in [0.29, 0.717) is 0 Å². The maximum atomic E-state index is 6.75. The summed E-state index contributed by atoms with van der Waals surface area (Å²) in [7, 11) is 2.50. The van der Waals surface area contributed by atoms with Crippen LogP contribution in [0.1, 0.15) is 0 Å². The number of hydrogen-bond acceptors (Lipinski definition) is 0. The van der Waals surface area contributed by atoms with Crippen molar-refractivity contribution >= 4 is 19.8 Å². The Morgan fingerprint density at radius 2 is 0.692 bits per heavy atom. The first-order valence-corrected chi connectivity index (χ1v) is 1.80. The summed E-state index contributed by atoms with van der Waals surface area (Å²) in [6.07, 6.45) is 0. The molecule has 0 aromatic carbocycles. The molecule has 0 radical (unpaired) electrons. The third-order valence-corrected chi connectivity index (χ3v) is 0. The van der Waals surface area contributed by atoms with Gasteiger partial charge in [0.2, 0.25) is 0 Å². The second-order valence-corrected chi connectivity index (χ2v) is 0.179. The van der Waals surface area contributed by atoms with Gasteiger partial charge in [0, 0.05) is 0 Å². The van der Waals surface area contributed by atoms with Crippen LogP contribution in [0, 0.1) is 0 Å². The van der Waals surface area contributed by atoms with Crippen LogP contribution in [0.4, 0.5) is 0 Å². The fourth-order valence-electron chi connectivity index (χ4n) is 0. The molecule has 2 N–H and O–H groups in total. The fraction of sp³-hybridized carbons (Fsp3) is 1.00. The first-order valence-electron chi connectivity index (χ1n) is 1.80. The molecule has 0 saturated carbocycles. The molecule has 0 bridgehead atoms. The van der Waals surface area contributed by atoms with Crippen LogP contribution in [0.3, 0.4) is 0 Å². The van der Waals surface area contributed by atoms with Gasteiger partial charge in [-0.15, -0.1) is 0 Å². The molecule has 8 nitrogen and oxygen atoms in total. The summed E-state index contributed by atoms with van der Waals surface area (Å²) in [6.45, 7) is 0. The minimum Gasteiger partial charge on any atom is -0.680 e. The Labute approximate surface area is 97.0 Å². The van der Waals surface area contributed by atoms with Crippen molar-refractivity contribution < 1.29 is 19.5 Å². The van der Waals surface area contributed by atoms with E-state index in [1.807, 2.05) is 0 Å². The molecule has 80 valence electrons. The largest absolute Gasteiger partial charge is 4.00 e. The normalized spacial score (nSPS) is 2.15. The van der Waals surface area contributed by atoms with Crippen molar-refractivity contribution in [2.45, 2.75) is 0 Å². The average molecular weight is 313 g/mol. The maximum absolute atomic E-state index is 6.75. The third-order valence-electron chi connectivity index (χ3n) is 0. The standard InChI is InChI=1S/2CH4N.2N3.2H3P.Ru/c2*1-2;2*1-3-2;;;/h2*2H,1H3;;;2*1H3;/q4*-1;;;+4. The Morgan fingerprint density at radius 1 is 0.692 bits per heavy atom. The van der Waals surface area contributed by atoms with Gasteiger partial charge in [0.05, 0.1) is 0 Å². The molecule has 0 aromatic heterocycles. The summed E-state index contributed by atoms with van der Waals surface area (Å²) in [4.78, 5) is 3.00. The van der Waals surface area contributed by atoms with E-state index >= 15 is 0 Å². The topological polar surface area (TPSA) is 165 Å². The van der Waals surface area contributed by atoms with Gasteiger partial charge in [-0.1, -0.05) is 0 Å². The van der Waals surface area contributed by atoms with Crippen molar-refractivity contribution in [3.63, 3.8) is 0 Å². The number of nitrogens with zero attached hydrogens (tertiary/aromatic N) is 6. The molecule has 2 unspecified atom stereocenters. The van der Waals surface area contributed by atoms with E-state index in [-0.39, 0.29) is 39.3 Å². The minimum absolute atomic E-state index is 0. The number of nitrogens with one attached hydrogen (secondary N) is 2. The number of rotatable bonds is 0. The Hall–Kier alpha value is 0.0234. The van der Waals surface area contributed by atoms with Gasteiger partial charge in [-0.05, 0) is 0 Å². The molecule has 0 aliphatic rings. The van der Waals surface area contributed by atoms with Gasteiger partial charge in [-0.2, -0.15) is 33.9 Å². The Kier molecular flexibility index (Phi) is 1420. The van der Waals surface area contributed by atoms with Gasteiger partial charge in [-0.3, -0.25) is 9.82 Å².